The molecule has 174 valence electrons. The van der Waals surface area contributed by atoms with Crippen molar-refractivity contribution in [1.82, 2.24) is 15.5 Å². The Morgan fingerprint density at radius 3 is 2.32 bits per heavy atom. The number of ether oxygens (including phenoxy) is 1. The molecule has 0 saturated heterocycles. The topological polar surface area (TPSA) is 120 Å². The molecule has 0 aromatic heterocycles. The molecule has 1 rings (SSSR count). The van der Waals surface area contributed by atoms with Gasteiger partial charge >= 0.3 is 5.97 Å². The van der Waals surface area contributed by atoms with E-state index in [1.54, 1.807) is 24.3 Å². The molecule has 0 aliphatic rings. The molecule has 1 aromatic carbocycles. The number of carbonyl (C=O) groups excluding carboxylic acids is 2. The molecule has 0 saturated carbocycles. The molecule has 2 amide bonds. The van der Waals surface area contributed by atoms with Gasteiger partial charge in [-0.05, 0) is 63.7 Å². The minimum atomic E-state index is -0.895. The van der Waals surface area contributed by atoms with E-state index in [0.29, 0.717) is 43.9 Å². The Bertz CT molecular complexity index is 692. The van der Waals surface area contributed by atoms with E-state index >= 15 is 0 Å². The number of nitrogens with one attached hydrogen (secondary N) is 3. The summed E-state index contributed by atoms with van der Waals surface area (Å²) in [6.07, 6.45) is 0.617. The standard InChI is InChI=1S/C22H36N4O5/c1-16(2)15-23-22(30)21(25-19(27)7-5-13-26(3)4)24-17-9-11-18(12-10-17)31-14-6-8-20(28)29/h9-12,16,21,24H,5-8,13-15H2,1-4H3,(H,23,30)(H,25,27)(H,28,29). The number of amides is 2. The Morgan fingerprint density at radius 2 is 1.74 bits per heavy atom. The van der Waals surface area contributed by atoms with Crippen molar-refractivity contribution >= 4 is 23.5 Å². The fourth-order valence-corrected chi connectivity index (χ4v) is 2.59. The minimum Gasteiger partial charge on any atom is -0.494 e. The maximum Gasteiger partial charge on any atom is 0.303 e. The Balaban J connectivity index is 2.67. The van der Waals surface area contributed by atoms with E-state index in [9.17, 15) is 14.4 Å². The first kappa shape index (κ1) is 26.2. The summed E-state index contributed by atoms with van der Waals surface area (Å²) in [5.41, 5.74) is 0.649. The van der Waals surface area contributed by atoms with E-state index in [4.69, 9.17) is 9.84 Å². The lowest BCUT2D eigenvalue weighted by atomic mass is 10.2. The van der Waals surface area contributed by atoms with Crippen LogP contribution in [0.15, 0.2) is 24.3 Å². The summed E-state index contributed by atoms with van der Waals surface area (Å²) in [6.45, 7) is 5.60. The zero-order valence-corrected chi connectivity index (χ0v) is 18.9. The smallest absolute Gasteiger partial charge is 0.303 e. The number of hydrogen-bond donors (Lipinski definition) is 4. The second-order valence-electron chi connectivity index (χ2n) is 8.06. The van der Waals surface area contributed by atoms with Gasteiger partial charge in [0.15, 0.2) is 6.17 Å². The van der Waals surface area contributed by atoms with Crippen LogP contribution in [0.1, 0.15) is 39.5 Å². The van der Waals surface area contributed by atoms with Crippen molar-refractivity contribution in [3.05, 3.63) is 24.3 Å². The molecule has 0 aliphatic carbocycles. The molecule has 1 aromatic rings. The Kier molecular flexibility index (Phi) is 12.0. The van der Waals surface area contributed by atoms with Crippen LogP contribution in [-0.4, -0.2) is 67.7 Å². The summed E-state index contributed by atoms with van der Waals surface area (Å²) in [6, 6.07) is 6.94. The Labute approximate surface area is 184 Å². The highest BCUT2D eigenvalue weighted by Crippen LogP contribution is 2.16. The van der Waals surface area contributed by atoms with Crippen LogP contribution < -0.4 is 20.7 Å². The molecule has 0 radical (unpaired) electrons. The lowest BCUT2D eigenvalue weighted by Gasteiger charge is -2.22. The van der Waals surface area contributed by atoms with E-state index in [1.165, 1.54) is 0 Å². The van der Waals surface area contributed by atoms with Crippen LogP contribution in [0, 0.1) is 5.92 Å². The molecule has 9 heteroatoms. The fourth-order valence-electron chi connectivity index (χ4n) is 2.59. The second-order valence-corrected chi connectivity index (χ2v) is 8.06. The molecular weight excluding hydrogens is 400 g/mol. The van der Waals surface area contributed by atoms with Crippen molar-refractivity contribution in [2.45, 2.75) is 45.7 Å². The van der Waals surface area contributed by atoms with Gasteiger partial charge in [0.2, 0.25) is 5.91 Å². The average molecular weight is 437 g/mol. The van der Waals surface area contributed by atoms with Gasteiger partial charge in [0.05, 0.1) is 6.61 Å². The van der Waals surface area contributed by atoms with Crippen molar-refractivity contribution in [3.8, 4) is 5.75 Å². The van der Waals surface area contributed by atoms with E-state index in [1.807, 2.05) is 32.8 Å². The van der Waals surface area contributed by atoms with Gasteiger partial charge in [-0.3, -0.25) is 14.4 Å². The SMILES string of the molecule is CC(C)CNC(=O)C(NC(=O)CCCN(C)C)Nc1ccc(OCCCC(=O)O)cc1. The summed E-state index contributed by atoms with van der Waals surface area (Å²) in [5.74, 6) is -0.461. The van der Waals surface area contributed by atoms with Crippen molar-refractivity contribution in [1.29, 1.82) is 0 Å². The summed E-state index contributed by atoms with van der Waals surface area (Å²) in [4.78, 5) is 37.4. The summed E-state index contributed by atoms with van der Waals surface area (Å²) in [7, 11) is 3.89. The molecule has 0 aliphatic heterocycles. The van der Waals surface area contributed by atoms with Crippen LogP contribution in [0.5, 0.6) is 5.75 Å². The summed E-state index contributed by atoms with van der Waals surface area (Å²) < 4.78 is 5.51. The van der Waals surface area contributed by atoms with Crippen LogP contribution in [0.25, 0.3) is 0 Å². The number of hydrogen-bond acceptors (Lipinski definition) is 6. The van der Waals surface area contributed by atoms with Crippen molar-refractivity contribution in [2.24, 2.45) is 5.92 Å². The van der Waals surface area contributed by atoms with Gasteiger partial charge in [-0.2, -0.15) is 0 Å². The third-order valence-corrected chi connectivity index (χ3v) is 4.23. The largest absolute Gasteiger partial charge is 0.494 e. The van der Waals surface area contributed by atoms with E-state index in [-0.39, 0.29) is 24.2 Å². The molecule has 0 fully saturated rings. The fraction of sp³-hybridized carbons (Fsp3) is 0.591. The molecule has 9 nitrogen and oxygen atoms in total. The van der Waals surface area contributed by atoms with Crippen LogP contribution in [0.3, 0.4) is 0 Å². The number of benzene rings is 1. The zero-order chi connectivity index (χ0) is 23.2. The predicted molar refractivity (Wildman–Crippen MR) is 120 cm³/mol. The number of carboxylic acid groups (broad SMARTS) is 1. The second kappa shape index (κ2) is 14.2. The molecule has 1 unspecified atom stereocenters. The molecular formula is C22H36N4O5. The molecule has 0 spiro atoms. The minimum absolute atomic E-state index is 0.0566. The predicted octanol–water partition coefficient (Wildman–Crippen LogP) is 1.90. The van der Waals surface area contributed by atoms with Gasteiger partial charge in [0.1, 0.15) is 5.75 Å². The highest BCUT2D eigenvalue weighted by molar-refractivity contribution is 5.89. The number of anilines is 1. The molecule has 0 bridgehead atoms. The Morgan fingerprint density at radius 1 is 1.06 bits per heavy atom. The first-order valence-electron chi connectivity index (χ1n) is 10.6. The molecule has 31 heavy (non-hydrogen) atoms. The number of nitrogens with zero attached hydrogens (tertiary/aromatic N) is 1. The van der Waals surface area contributed by atoms with Gasteiger partial charge < -0.3 is 30.7 Å². The molecule has 1 atom stereocenters. The molecule has 4 N–H and O–H groups in total. The van der Waals surface area contributed by atoms with E-state index in [0.717, 1.165) is 6.54 Å². The summed E-state index contributed by atoms with van der Waals surface area (Å²) in [5, 5.41) is 17.3. The van der Waals surface area contributed by atoms with Crippen LogP contribution in [0.4, 0.5) is 5.69 Å². The zero-order valence-electron chi connectivity index (χ0n) is 18.9. The lowest BCUT2D eigenvalue weighted by molar-refractivity contribution is -0.137. The maximum atomic E-state index is 12.6. The third-order valence-electron chi connectivity index (χ3n) is 4.23. The summed E-state index contributed by atoms with van der Waals surface area (Å²) >= 11 is 0. The van der Waals surface area contributed by atoms with Crippen molar-refractivity contribution < 1.29 is 24.2 Å². The third kappa shape index (κ3) is 12.5. The van der Waals surface area contributed by atoms with Gasteiger partial charge in [-0.1, -0.05) is 13.8 Å². The van der Waals surface area contributed by atoms with Crippen molar-refractivity contribution in [3.63, 3.8) is 0 Å². The van der Waals surface area contributed by atoms with Gasteiger partial charge in [0.25, 0.3) is 5.91 Å². The normalized spacial score (nSPS) is 11.8. The highest BCUT2D eigenvalue weighted by Gasteiger charge is 2.20. The number of rotatable bonds is 15. The van der Waals surface area contributed by atoms with Crippen LogP contribution in [-0.2, 0) is 14.4 Å². The van der Waals surface area contributed by atoms with Gasteiger partial charge in [0, 0.05) is 25.1 Å². The quantitative estimate of drug-likeness (QED) is 0.245. The van der Waals surface area contributed by atoms with E-state index in [2.05, 4.69) is 16.0 Å². The first-order valence-corrected chi connectivity index (χ1v) is 10.6. The van der Waals surface area contributed by atoms with Crippen LogP contribution in [0.2, 0.25) is 0 Å². The number of carbonyl (C=O) groups is 3. The molecule has 0 heterocycles. The number of aliphatic carboxylic acids is 1. The van der Waals surface area contributed by atoms with Crippen molar-refractivity contribution in [2.75, 3.05) is 39.1 Å². The number of carboxylic acids is 1. The maximum absolute atomic E-state index is 12.6. The Hall–Kier alpha value is -2.81. The highest BCUT2D eigenvalue weighted by atomic mass is 16.5. The lowest BCUT2D eigenvalue weighted by Crippen LogP contribution is -2.51. The van der Waals surface area contributed by atoms with Gasteiger partial charge in [-0.25, -0.2) is 0 Å². The first-order chi connectivity index (χ1) is 14.7. The average Bonchev–Trinajstić information content (AvgIpc) is 2.69. The monoisotopic (exact) mass is 436 g/mol. The van der Waals surface area contributed by atoms with Crippen LogP contribution >= 0.6 is 0 Å². The van der Waals surface area contributed by atoms with E-state index < -0.39 is 12.1 Å². The van der Waals surface area contributed by atoms with Gasteiger partial charge in [-0.15, -0.1) is 0 Å².